The highest BCUT2D eigenvalue weighted by molar-refractivity contribution is 6.01. The van der Waals surface area contributed by atoms with Crippen molar-refractivity contribution in [2.75, 3.05) is 25.5 Å². The molecule has 1 aromatic carbocycles. The van der Waals surface area contributed by atoms with E-state index in [4.69, 9.17) is 0 Å². The second-order valence-electron chi connectivity index (χ2n) is 15.7. The summed E-state index contributed by atoms with van der Waals surface area (Å²) in [6.45, 7) is 17.4. The number of anilines is 1. The van der Waals surface area contributed by atoms with E-state index in [-0.39, 0.29) is 47.7 Å². The Balaban J connectivity index is 1.47. The minimum atomic E-state index is -0.729. The zero-order chi connectivity index (χ0) is 34.6. The van der Waals surface area contributed by atoms with E-state index in [1.54, 1.807) is 23.8 Å². The molecule has 2 saturated heterocycles. The van der Waals surface area contributed by atoms with Gasteiger partial charge in [-0.3, -0.25) is 24.1 Å². The maximum Gasteiger partial charge on any atom is 0.249 e. The molecule has 0 saturated carbocycles. The molecule has 4 rings (SSSR count). The fraction of sp³-hybridized carbons (Fsp3) is 0.684. The standard InChI is InChI=1S/C38H59N5O4/c1-24(2)32(41(9)37(47)33(38(6,7)8)40-35(45)30-16-10-11-20-42(30)25(3)4)22-26(5)36(46)43-21-13-17-31(43)34(44)39-29-19-18-27-14-12-15-28(27)23-29/h18-19,22-25,30-33H,10-17,20-21H2,1-9H3,(H,39,44)(H,40,45)/t30?,31-,32+,33+/m0/s1. The molecule has 0 aromatic heterocycles. The maximum atomic E-state index is 14.2. The lowest BCUT2D eigenvalue weighted by molar-refractivity contribution is -0.142. The summed E-state index contributed by atoms with van der Waals surface area (Å²) in [5, 5.41) is 6.21. The number of amides is 4. The Hall–Kier alpha value is -3.20. The first kappa shape index (κ1) is 36.6. The Labute approximate surface area is 282 Å². The van der Waals surface area contributed by atoms with Crippen molar-refractivity contribution in [2.24, 2.45) is 11.3 Å². The van der Waals surface area contributed by atoms with Crippen LogP contribution in [0.1, 0.15) is 105 Å². The first-order valence-corrected chi connectivity index (χ1v) is 17.8. The van der Waals surface area contributed by atoms with Crippen molar-refractivity contribution in [3.05, 3.63) is 41.0 Å². The van der Waals surface area contributed by atoms with E-state index in [1.807, 2.05) is 46.8 Å². The summed E-state index contributed by atoms with van der Waals surface area (Å²) in [7, 11) is 1.76. The predicted octanol–water partition coefficient (Wildman–Crippen LogP) is 5.33. The minimum Gasteiger partial charge on any atom is -0.342 e. The monoisotopic (exact) mass is 649 g/mol. The van der Waals surface area contributed by atoms with Crippen LogP contribution >= 0.6 is 0 Å². The van der Waals surface area contributed by atoms with Crippen LogP contribution in [-0.2, 0) is 32.0 Å². The third kappa shape index (κ3) is 8.64. The van der Waals surface area contributed by atoms with Gasteiger partial charge in [0.2, 0.25) is 23.6 Å². The van der Waals surface area contributed by atoms with Crippen LogP contribution in [0, 0.1) is 11.3 Å². The van der Waals surface area contributed by atoms with Crippen LogP contribution in [0.5, 0.6) is 0 Å². The Bertz CT molecular complexity index is 1350. The van der Waals surface area contributed by atoms with Crippen LogP contribution in [0.4, 0.5) is 5.69 Å². The molecule has 3 aliphatic rings. The van der Waals surface area contributed by atoms with E-state index in [9.17, 15) is 19.2 Å². The molecule has 2 N–H and O–H groups in total. The first-order chi connectivity index (χ1) is 22.1. The summed E-state index contributed by atoms with van der Waals surface area (Å²) >= 11 is 0. The zero-order valence-corrected chi connectivity index (χ0v) is 30.3. The van der Waals surface area contributed by atoms with Crippen molar-refractivity contribution < 1.29 is 19.2 Å². The van der Waals surface area contributed by atoms with Gasteiger partial charge in [-0.1, -0.05) is 53.2 Å². The van der Waals surface area contributed by atoms with Crippen LogP contribution in [-0.4, -0.2) is 88.7 Å². The van der Waals surface area contributed by atoms with Gasteiger partial charge in [0.05, 0.1) is 12.1 Å². The highest BCUT2D eigenvalue weighted by Gasteiger charge is 2.40. The molecule has 9 nitrogen and oxygen atoms in total. The van der Waals surface area contributed by atoms with E-state index in [0.717, 1.165) is 57.2 Å². The summed E-state index contributed by atoms with van der Waals surface area (Å²) in [6.07, 6.45) is 9.35. The maximum absolute atomic E-state index is 14.2. The van der Waals surface area contributed by atoms with Gasteiger partial charge in [0.25, 0.3) is 0 Å². The Morgan fingerprint density at radius 1 is 0.894 bits per heavy atom. The minimum absolute atomic E-state index is 0.00952. The normalized spacial score (nSPS) is 21.9. The molecule has 4 amide bonds. The van der Waals surface area contributed by atoms with E-state index in [2.05, 4.69) is 41.5 Å². The van der Waals surface area contributed by atoms with E-state index in [1.165, 1.54) is 11.1 Å². The van der Waals surface area contributed by atoms with E-state index >= 15 is 0 Å². The molecule has 47 heavy (non-hydrogen) atoms. The Kier molecular flexibility index (Phi) is 12.0. The van der Waals surface area contributed by atoms with Crippen molar-refractivity contribution in [2.45, 2.75) is 137 Å². The number of carbonyl (C=O) groups excluding carboxylic acids is 4. The second kappa shape index (κ2) is 15.3. The van der Waals surface area contributed by atoms with Crippen LogP contribution < -0.4 is 10.6 Å². The Morgan fingerprint density at radius 3 is 2.23 bits per heavy atom. The van der Waals surface area contributed by atoms with Gasteiger partial charge >= 0.3 is 0 Å². The van der Waals surface area contributed by atoms with Crippen LogP contribution in [0.25, 0.3) is 0 Å². The predicted molar refractivity (Wildman–Crippen MR) is 188 cm³/mol. The van der Waals surface area contributed by atoms with Crippen molar-refractivity contribution in [3.63, 3.8) is 0 Å². The number of rotatable bonds is 10. The molecule has 9 heteroatoms. The summed E-state index contributed by atoms with van der Waals surface area (Å²) in [6, 6.07) is 4.46. The fourth-order valence-electron chi connectivity index (χ4n) is 7.55. The number of nitrogens with zero attached hydrogens (tertiary/aromatic N) is 3. The van der Waals surface area contributed by atoms with Gasteiger partial charge in [-0.2, -0.15) is 0 Å². The van der Waals surface area contributed by atoms with Crippen LogP contribution in [0.15, 0.2) is 29.8 Å². The lowest BCUT2D eigenvalue weighted by Crippen LogP contribution is -2.60. The lowest BCUT2D eigenvalue weighted by Gasteiger charge is -2.41. The van der Waals surface area contributed by atoms with Gasteiger partial charge in [0.1, 0.15) is 12.1 Å². The lowest BCUT2D eigenvalue weighted by atomic mass is 9.84. The number of hydrogen-bond acceptors (Lipinski definition) is 5. The second-order valence-corrected chi connectivity index (χ2v) is 15.7. The van der Waals surface area contributed by atoms with Gasteiger partial charge < -0.3 is 20.4 Å². The number of fused-ring (bicyclic) bond motifs is 1. The fourth-order valence-corrected chi connectivity index (χ4v) is 7.55. The molecular weight excluding hydrogens is 590 g/mol. The van der Waals surface area contributed by atoms with Crippen molar-refractivity contribution in [1.29, 1.82) is 0 Å². The van der Waals surface area contributed by atoms with Crippen molar-refractivity contribution in [1.82, 2.24) is 20.0 Å². The number of nitrogens with one attached hydrogen (secondary N) is 2. The molecule has 4 atom stereocenters. The molecule has 0 spiro atoms. The highest BCUT2D eigenvalue weighted by atomic mass is 16.2. The number of carbonyl (C=O) groups is 4. The zero-order valence-electron chi connectivity index (χ0n) is 30.3. The number of benzene rings is 1. The largest absolute Gasteiger partial charge is 0.342 e. The van der Waals surface area contributed by atoms with Gasteiger partial charge in [0.15, 0.2) is 0 Å². The molecular formula is C38H59N5O4. The third-order valence-corrected chi connectivity index (χ3v) is 10.3. The summed E-state index contributed by atoms with van der Waals surface area (Å²) < 4.78 is 0. The average Bonchev–Trinajstić information content (AvgIpc) is 3.70. The molecule has 2 aliphatic heterocycles. The summed E-state index contributed by atoms with van der Waals surface area (Å²) in [4.78, 5) is 60.6. The van der Waals surface area contributed by atoms with Crippen molar-refractivity contribution >= 4 is 29.3 Å². The third-order valence-electron chi connectivity index (χ3n) is 10.3. The SMILES string of the molecule is CC(=C[C@H](C(C)C)N(C)C(=O)[C@@H](NC(=O)C1CCCCN1C(C)C)C(C)(C)C)C(=O)N1CCC[C@H]1C(=O)Nc1ccc2c(c1)CCC2. The number of hydrogen-bond donors (Lipinski definition) is 2. The molecule has 2 heterocycles. The van der Waals surface area contributed by atoms with Crippen LogP contribution in [0.3, 0.4) is 0 Å². The quantitative estimate of drug-likeness (QED) is 0.334. The molecule has 0 radical (unpaired) electrons. The topological polar surface area (TPSA) is 102 Å². The molecule has 2 fully saturated rings. The Morgan fingerprint density at radius 2 is 1.57 bits per heavy atom. The first-order valence-electron chi connectivity index (χ1n) is 17.8. The molecule has 1 unspecified atom stereocenters. The summed E-state index contributed by atoms with van der Waals surface area (Å²) in [5.74, 6) is -0.612. The van der Waals surface area contributed by atoms with Gasteiger partial charge in [-0.25, -0.2) is 0 Å². The number of aryl methyl sites for hydroxylation is 2. The molecule has 1 aliphatic carbocycles. The van der Waals surface area contributed by atoms with E-state index < -0.39 is 17.5 Å². The van der Waals surface area contributed by atoms with Gasteiger partial charge in [-0.05, 0) is 107 Å². The van der Waals surface area contributed by atoms with Crippen LogP contribution in [0.2, 0.25) is 0 Å². The highest BCUT2D eigenvalue weighted by Crippen LogP contribution is 2.28. The van der Waals surface area contributed by atoms with Gasteiger partial charge in [0, 0.05) is 30.9 Å². The van der Waals surface area contributed by atoms with E-state index in [0.29, 0.717) is 18.5 Å². The average molecular weight is 650 g/mol. The number of likely N-dealkylation sites (tertiary alicyclic amines) is 2. The number of likely N-dealkylation sites (N-methyl/N-ethyl adjacent to an activating group) is 1. The molecule has 0 bridgehead atoms. The smallest absolute Gasteiger partial charge is 0.249 e. The molecule has 1 aromatic rings. The summed E-state index contributed by atoms with van der Waals surface area (Å²) in [5.41, 5.74) is 3.40. The molecule has 260 valence electrons. The van der Waals surface area contributed by atoms with Gasteiger partial charge in [-0.15, -0.1) is 0 Å². The van der Waals surface area contributed by atoms with Crippen molar-refractivity contribution in [3.8, 4) is 0 Å². The number of piperidine rings is 1.